The van der Waals surface area contributed by atoms with Gasteiger partial charge in [-0.1, -0.05) is 20.8 Å². The number of aliphatic carboxylic acids is 1. The summed E-state index contributed by atoms with van der Waals surface area (Å²) >= 11 is 0. The van der Waals surface area contributed by atoms with Gasteiger partial charge in [-0.15, -0.1) is 0 Å². The van der Waals surface area contributed by atoms with E-state index in [9.17, 15) is 9.59 Å². The number of hydrogen-bond donors (Lipinski definition) is 3. The molecule has 110 valence electrons. The molecule has 0 aromatic carbocycles. The van der Waals surface area contributed by atoms with Crippen LogP contribution in [0, 0.1) is 17.3 Å². The molecule has 1 aliphatic carbocycles. The average molecular weight is 270 g/mol. The van der Waals surface area contributed by atoms with E-state index >= 15 is 0 Å². The van der Waals surface area contributed by atoms with Gasteiger partial charge in [0.2, 0.25) is 5.91 Å². The van der Waals surface area contributed by atoms with Crippen molar-refractivity contribution in [2.75, 3.05) is 6.54 Å². The van der Waals surface area contributed by atoms with Crippen LogP contribution < -0.4 is 11.1 Å². The quantitative estimate of drug-likeness (QED) is 0.703. The molecule has 0 spiro atoms. The highest BCUT2D eigenvalue weighted by Crippen LogP contribution is 2.38. The van der Waals surface area contributed by atoms with Crippen LogP contribution in [0.2, 0.25) is 0 Å². The zero-order valence-electron chi connectivity index (χ0n) is 12.1. The summed E-state index contributed by atoms with van der Waals surface area (Å²) in [6.45, 7) is 6.04. The number of carbonyl (C=O) groups excluding carboxylic acids is 1. The molecular formula is C14H26N2O3. The third kappa shape index (κ3) is 3.69. The fourth-order valence-corrected chi connectivity index (χ4v) is 2.65. The summed E-state index contributed by atoms with van der Waals surface area (Å²) in [5.41, 5.74) is 5.23. The van der Waals surface area contributed by atoms with E-state index in [-0.39, 0.29) is 18.4 Å². The van der Waals surface area contributed by atoms with Gasteiger partial charge >= 0.3 is 5.97 Å². The summed E-state index contributed by atoms with van der Waals surface area (Å²) < 4.78 is 0. The Labute approximate surface area is 114 Å². The van der Waals surface area contributed by atoms with Gasteiger partial charge in [-0.05, 0) is 37.5 Å². The number of amides is 1. The summed E-state index contributed by atoms with van der Waals surface area (Å²) in [4.78, 5) is 23.6. The summed E-state index contributed by atoms with van der Waals surface area (Å²) in [6.07, 6.45) is 3.45. The Hall–Kier alpha value is -1.10. The molecule has 1 saturated carbocycles. The fourth-order valence-electron chi connectivity index (χ4n) is 2.65. The van der Waals surface area contributed by atoms with Crippen molar-refractivity contribution in [2.45, 2.75) is 52.5 Å². The van der Waals surface area contributed by atoms with E-state index in [0.29, 0.717) is 5.92 Å². The predicted octanol–water partition coefficient (Wildman–Crippen LogP) is 1.37. The second-order valence-corrected chi connectivity index (χ2v) is 6.20. The van der Waals surface area contributed by atoms with E-state index in [1.54, 1.807) is 13.8 Å². The lowest BCUT2D eigenvalue weighted by Crippen LogP contribution is -2.54. The maximum atomic E-state index is 12.4. The zero-order valence-corrected chi connectivity index (χ0v) is 12.1. The normalized spacial score (nSPS) is 29.0. The van der Waals surface area contributed by atoms with E-state index in [0.717, 1.165) is 25.7 Å². The lowest BCUT2D eigenvalue weighted by atomic mass is 9.70. The predicted molar refractivity (Wildman–Crippen MR) is 73.5 cm³/mol. The van der Waals surface area contributed by atoms with Gasteiger partial charge < -0.3 is 16.2 Å². The Kier molecular flexibility index (Phi) is 5.35. The highest BCUT2D eigenvalue weighted by molar-refractivity contribution is 5.87. The molecule has 4 N–H and O–H groups in total. The number of carboxylic acid groups (broad SMARTS) is 1. The van der Waals surface area contributed by atoms with Crippen molar-refractivity contribution >= 4 is 11.9 Å². The Morgan fingerprint density at radius 3 is 2.26 bits per heavy atom. The minimum absolute atomic E-state index is 0.140. The maximum absolute atomic E-state index is 12.4. The molecule has 0 radical (unpaired) electrons. The summed E-state index contributed by atoms with van der Waals surface area (Å²) in [7, 11) is 0. The first-order chi connectivity index (χ1) is 8.82. The molecule has 1 atom stereocenters. The molecule has 0 aromatic heterocycles. The highest BCUT2D eigenvalue weighted by atomic mass is 16.4. The summed E-state index contributed by atoms with van der Waals surface area (Å²) in [5, 5.41) is 11.8. The highest BCUT2D eigenvalue weighted by Gasteiger charge is 2.41. The van der Waals surface area contributed by atoms with Gasteiger partial charge in [0, 0.05) is 6.54 Å². The van der Waals surface area contributed by atoms with E-state index in [1.807, 2.05) is 0 Å². The first-order valence-electron chi connectivity index (χ1n) is 7.06. The van der Waals surface area contributed by atoms with Crippen molar-refractivity contribution < 1.29 is 14.7 Å². The van der Waals surface area contributed by atoms with Gasteiger partial charge in [0.05, 0.1) is 5.41 Å². The average Bonchev–Trinajstić information content (AvgIpc) is 2.36. The fraction of sp³-hybridized carbons (Fsp3) is 0.857. The van der Waals surface area contributed by atoms with Crippen LogP contribution >= 0.6 is 0 Å². The van der Waals surface area contributed by atoms with Crippen LogP contribution in [0.1, 0.15) is 46.5 Å². The SMILES string of the molecule is CC1CCC(CN)(C(=O)NC(C(=O)O)C(C)C)CC1. The number of rotatable bonds is 5. The molecule has 5 nitrogen and oxygen atoms in total. The number of carbonyl (C=O) groups is 2. The van der Waals surface area contributed by atoms with E-state index in [1.165, 1.54) is 0 Å². The first kappa shape index (κ1) is 16.0. The van der Waals surface area contributed by atoms with Crippen LogP contribution in [0.15, 0.2) is 0 Å². The molecule has 0 heterocycles. The Morgan fingerprint density at radius 1 is 1.37 bits per heavy atom. The molecule has 19 heavy (non-hydrogen) atoms. The van der Waals surface area contributed by atoms with Crippen LogP contribution in [0.3, 0.4) is 0 Å². The molecule has 1 rings (SSSR count). The van der Waals surface area contributed by atoms with Crippen LogP contribution in [0.25, 0.3) is 0 Å². The molecule has 1 unspecified atom stereocenters. The minimum Gasteiger partial charge on any atom is -0.480 e. The van der Waals surface area contributed by atoms with Crippen molar-refractivity contribution in [3.8, 4) is 0 Å². The van der Waals surface area contributed by atoms with Gasteiger partial charge in [-0.2, -0.15) is 0 Å². The lowest BCUT2D eigenvalue weighted by Gasteiger charge is -2.38. The number of nitrogens with one attached hydrogen (secondary N) is 1. The lowest BCUT2D eigenvalue weighted by molar-refractivity contribution is -0.145. The second-order valence-electron chi connectivity index (χ2n) is 6.20. The second kappa shape index (κ2) is 6.37. The monoisotopic (exact) mass is 270 g/mol. The molecular weight excluding hydrogens is 244 g/mol. The number of nitrogens with two attached hydrogens (primary N) is 1. The standard InChI is InChI=1S/C14H26N2O3/c1-9(2)11(12(17)18)16-13(19)14(8-15)6-4-10(3)5-7-14/h9-11H,4-8,15H2,1-3H3,(H,16,19)(H,17,18). The van der Waals surface area contributed by atoms with Crippen molar-refractivity contribution in [1.82, 2.24) is 5.32 Å². The third-order valence-corrected chi connectivity index (χ3v) is 4.32. The van der Waals surface area contributed by atoms with Crippen molar-refractivity contribution in [3.05, 3.63) is 0 Å². The Morgan fingerprint density at radius 2 is 1.89 bits per heavy atom. The van der Waals surface area contributed by atoms with Gasteiger partial charge in [-0.25, -0.2) is 4.79 Å². The topological polar surface area (TPSA) is 92.4 Å². The Balaban J connectivity index is 2.76. The number of carboxylic acids is 1. The molecule has 0 aliphatic heterocycles. The van der Waals surface area contributed by atoms with E-state index in [2.05, 4.69) is 12.2 Å². The largest absolute Gasteiger partial charge is 0.480 e. The molecule has 1 aliphatic rings. The van der Waals surface area contributed by atoms with Gasteiger partial charge in [-0.3, -0.25) is 4.79 Å². The molecule has 1 amide bonds. The van der Waals surface area contributed by atoms with E-state index in [4.69, 9.17) is 10.8 Å². The van der Waals surface area contributed by atoms with Crippen molar-refractivity contribution in [1.29, 1.82) is 0 Å². The minimum atomic E-state index is -0.986. The summed E-state index contributed by atoms with van der Waals surface area (Å²) in [6, 6.07) is -0.838. The third-order valence-electron chi connectivity index (χ3n) is 4.32. The Bertz CT molecular complexity index is 334. The molecule has 5 heteroatoms. The van der Waals surface area contributed by atoms with Gasteiger partial charge in [0.15, 0.2) is 0 Å². The van der Waals surface area contributed by atoms with Crippen LogP contribution in [0.5, 0.6) is 0 Å². The van der Waals surface area contributed by atoms with E-state index < -0.39 is 17.4 Å². The molecule has 0 bridgehead atoms. The zero-order chi connectivity index (χ0) is 14.6. The van der Waals surface area contributed by atoms with Gasteiger partial charge in [0.1, 0.15) is 6.04 Å². The maximum Gasteiger partial charge on any atom is 0.326 e. The smallest absolute Gasteiger partial charge is 0.326 e. The number of hydrogen-bond acceptors (Lipinski definition) is 3. The van der Waals surface area contributed by atoms with Crippen LogP contribution in [-0.2, 0) is 9.59 Å². The van der Waals surface area contributed by atoms with Crippen LogP contribution in [0.4, 0.5) is 0 Å². The summed E-state index contributed by atoms with van der Waals surface area (Å²) in [5.74, 6) is -0.700. The van der Waals surface area contributed by atoms with Crippen LogP contribution in [-0.4, -0.2) is 29.6 Å². The van der Waals surface area contributed by atoms with Gasteiger partial charge in [0.25, 0.3) is 0 Å². The van der Waals surface area contributed by atoms with Crippen molar-refractivity contribution in [3.63, 3.8) is 0 Å². The first-order valence-corrected chi connectivity index (χ1v) is 7.06. The molecule has 0 saturated heterocycles. The molecule has 1 fully saturated rings. The van der Waals surface area contributed by atoms with Crippen molar-refractivity contribution in [2.24, 2.45) is 23.0 Å². The molecule has 0 aromatic rings.